The Balaban J connectivity index is 1.87. The first-order valence-electron chi connectivity index (χ1n) is 8.90. The van der Waals surface area contributed by atoms with Gasteiger partial charge in [0.2, 0.25) is 0 Å². The second-order valence-corrected chi connectivity index (χ2v) is 8.03. The maximum atomic E-state index is 5.62. The van der Waals surface area contributed by atoms with E-state index in [1.165, 1.54) is 22.3 Å². The summed E-state index contributed by atoms with van der Waals surface area (Å²) in [6.07, 6.45) is 0. The molecule has 2 N–H and O–H groups in total. The SMILES string of the molecule is Cc1ccc([C@H](NC(=S)Nc2ccc(Br)c(C)c2)c2ccccc2)c(C)c1. The van der Waals surface area contributed by atoms with Crippen molar-refractivity contribution in [3.63, 3.8) is 0 Å². The van der Waals surface area contributed by atoms with Crippen LogP contribution >= 0.6 is 28.1 Å². The molecule has 1 atom stereocenters. The summed E-state index contributed by atoms with van der Waals surface area (Å²) in [5.74, 6) is 0. The van der Waals surface area contributed by atoms with Gasteiger partial charge in [0, 0.05) is 10.2 Å². The molecule has 138 valence electrons. The molecule has 0 saturated carbocycles. The topological polar surface area (TPSA) is 24.1 Å². The minimum Gasteiger partial charge on any atom is -0.352 e. The van der Waals surface area contributed by atoms with Gasteiger partial charge in [-0.25, -0.2) is 0 Å². The average molecular weight is 439 g/mol. The van der Waals surface area contributed by atoms with E-state index in [-0.39, 0.29) is 6.04 Å². The largest absolute Gasteiger partial charge is 0.352 e. The average Bonchev–Trinajstić information content (AvgIpc) is 2.64. The Bertz CT molecular complexity index is 954. The third-order valence-corrected chi connectivity index (χ3v) is 5.67. The standard InChI is InChI=1S/C23H23BrN2S/c1-15-9-11-20(16(2)13-15)22(18-7-5-4-6-8-18)26-23(27)25-19-10-12-21(24)17(3)14-19/h4-14,22H,1-3H3,(H2,25,26,27)/t22-/m1/s1. The van der Waals surface area contributed by atoms with Gasteiger partial charge in [-0.15, -0.1) is 0 Å². The molecule has 2 nitrogen and oxygen atoms in total. The van der Waals surface area contributed by atoms with Gasteiger partial charge in [0.1, 0.15) is 0 Å². The van der Waals surface area contributed by atoms with Crippen molar-refractivity contribution < 1.29 is 0 Å². The van der Waals surface area contributed by atoms with Crippen LogP contribution in [0.5, 0.6) is 0 Å². The molecule has 0 bridgehead atoms. The predicted octanol–water partition coefficient (Wildman–Crippen LogP) is 6.45. The van der Waals surface area contributed by atoms with Crippen LogP contribution in [0.3, 0.4) is 0 Å². The van der Waals surface area contributed by atoms with E-state index in [9.17, 15) is 0 Å². The molecule has 3 rings (SSSR count). The number of anilines is 1. The fraction of sp³-hybridized carbons (Fsp3) is 0.174. The lowest BCUT2D eigenvalue weighted by Crippen LogP contribution is -2.33. The van der Waals surface area contributed by atoms with Crippen LogP contribution in [-0.4, -0.2) is 5.11 Å². The second kappa shape index (κ2) is 8.68. The quantitative estimate of drug-likeness (QED) is 0.457. The minimum absolute atomic E-state index is 0.0108. The van der Waals surface area contributed by atoms with Crippen LogP contribution in [-0.2, 0) is 0 Å². The molecule has 0 spiro atoms. The van der Waals surface area contributed by atoms with Crippen LogP contribution < -0.4 is 10.6 Å². The minimum atomic E-state index is -0.0108. The second-order valence-electron chi connectivity index (χ2n) is 6.77. The van der Waals surface area contributed by atoms with Crippen molar-refractivity contribution in [2.75, 3.05) is 5.32 Å². The molecule has 0 amide bonds. The number of nitrogens with one attached hydrogen (secondary N) is 2. The highest BCUT2D eigenvalue weighted by Gasteiger charge is 2.17. The first-order chi connectivity index (χ1) is 12.9. The first kappa shape index (κ1) is 19.6. The van der Waals surface area contributed by atoms with E-state index in [1.807, 2.05) is 18.2 Å². The molecule has 0 heterocycles. The zero-order valence-electron chi connectivity index (χ0n) is 15.7. The number of halogens is 1. The summed E-state index contributed by atoms with van der Waals surface area (Å²) in [4.78, 5) is 0. The highest BCUT2D eigenvalue weighted by atomic mass is 79.9. The number of thiocarbonyl (C=S) groups is 1. The Morgan fingerprint density at radius 3 is 2.30 bits per heavy atom. The lowest BCUT2D eigenvalue weighted by atomic mass is 9.94. The van der Waals surface area contributed by atoms with Crippen LogP contribution in [0.25, 0.3) is 0 Å². The molecule has 0 radical (unpaired) electrons. The third kappa shape index (κ3) is 4.96. The summed E-state index contributed by atoms with van der Waals surface area (Å²) in [7, 11) is 0. The first-order valence-corrected chi connectivity index (χ1v) is 10.1. The fourth-order valence-electron chi connectivity index (χ4n) is 3.16. The van der Waals surface area contributed by atoms with Gasteiger partial charge in [0.15, 0.2) is 5.11 Å². The van der Waals surface area contributed by atoms with E-state index < -0.39 is 0 Å². The van der Waals surface area contributed by atoms with E-state index in [4.69, 9.17) is 12.2 Å². The van der Waals surface area contributed by atoms with Crippen molar-refractivity contribution in [3.8, 4) is 0 Å². The molecule has 0 aliphatic rings. The smallest absolute Gasteiger partial charge is 0.171 e. The van der Waals surface area contributed by atoms with E-state index >= 15 is 0 Å². The summed E-state index contributed by atoms with van der Waals surface area (Å²) < 4.78 is 1.09. The third-order valence-electron chi connectivity index (χ3n) is 4.56. The Hall–Kier alpha value is -2.17. The van der Waals surface area contributed by atoms with Crippen LogP contribution in [0, 0.1) is 20.8 Å². The van der Waals surface area contributed by atoms with Crippen molar-refractivity contribution in [1.29, 1.82) is 0 Å². The van der Waals surface area contributed by atoms with E-state index in [2.05, 4.69) is 95.9 Å². The Kier molecular flexibility index (Phi) is 6.30. The van der Waals surface area contributed by atoms with Gasteiger partial charge in [0.25, 0.3) is 0 Å². The van der Waals surface area contributed by atoms with Crippen molar-refractivity contribution in [2.24, 2.45) is 0 Å². The lowest BCUT2D eigenvalue weighted by Gasteiger charge is -2.24. The van der Waals surface area contributed by atoms with Crippen LogP contribution in [0.2, 0.25) is 0 Å². The Labute approximate surface area is 175 Å². The van der Waals surface area contributed by atoms with Crippen molar-refractivity contribution in [1.82, 2.24) is 5.32 Å². The maximum absolute atomic E-state index is 5.62. The monoisotopic (exact) mass is 438 g/mol. The number of benzene rings is 3. The van der Waals surface area contributed by atoms with Gasteiger partial charge >= 0.3 is 0 Å². The molecule has 3 aromatic rings. The van der Waals surface area contributed by atoms with Gasteiger partial charge in [-0.05, 0) is 73.4 Å². The number of hydrogen-bond donors (Lipinski definition) is 2. The maximum Gasteiger partial charge on any atom is 0.171 e. The molecule has 3 aromatic carbocycles. The lowest BCUT2D eigenvalue weighted by molar-refractivity contribution is 0.762. The molecule has 27 heavy (non-hydrogen) atoms. The molecular formula is C23H23BrN2S. The summed E-state index contributed by atoms with van der Waals surface area (Å²) in [5.41, 5.74) is 7.05. The van der Waals surface area contributed by atoms with E-state index in [1.54, 1.807) is 0 Å². The fourth-order valence-corrected chi connectivity index (χ4v) is 3.64. The zero-order chi connectivity index (χ0) is 19.4. The van der Waals surface area contributed by atoms with Gasteiger partial charge in [0.05, 0.1) is 6.04 Å². The molecule has 0 unspecified atom stereocenters. The molecule has 0 aliphatic carbocycles. The molecule has 0 saturated heterocycles. The van der Waals surface area contributed by atoms with Gasteiger partial charge in [-0.1, -0.05) is 70.0 Å². The van der Waals surface area contributed by atoms with Crippen LogP contribution in [0.4, 0.5) is 5.69 Å². The molecule has 4 heteroatoms. The Morgan fingerprint density at radius 2 is 1.63 bits per heavy atom. The molecule has 0 aliphatic heterocycles. The van der Waals surface area contributed by atoms with Crippen LogP contribution in [0.1, 0.15) is 33.9 Å². The van der Waals surface area contributed by atoms with Crippen molar-refractivity contribution in [3.05, 3.63) is 99.0 Å². The van der Waals surface area contributed by atoms with E-state index in [0.29, 0.717) is 5.11 Å². The molecular weight excluding hydrogens is 416 g/mol. The van der Waals surface area contributed by atoms with Gasteiger partial charge < -0.3 is 10.6 Å². The summed E-state index contributed by atoms with van der Waals surface area (Å²) in [5, 5.41) is 7.41. The number of hydrogen-bond acceptors (Lipinski definition) is 1. The normalized spacial score (nSPS) is 11.7. The zero-order valence-corrected chi connectivity index (χ0v) is 18.1. The van der Waals surface area contributed by atoms with Gasteiger partial charge in [-0.3, -0.25) is 0 Å². The van der Waals surface area contributed by atoms with Crippen molar-refractivity contribution >= 4 is 38.9 Å². The highest BCUT2D eigenvalue weighted by molar-refractivity contribution is 9.10. The predicted molar refractivity (Wildman–Crippen MR) is 122 cm³/mol. The summed E-state index contributed by atoms with van der Waals surface area (Å²) in [6.45, 7) is 6.33. The van der Waals surface area contributed by atoms with Gasteiger partial charge in [-0.2, -0.15) is 0 Å². The highest BCUT2D eigenvalue weighted by Crippen LogP contribution is 2.26. The van der Waals surface area contributed by atoms with E-state index in [0.717, 1.165) is 15.7 Å². The van der Waals surface area contributed by atoms with Crippen molar-refractivity contribution in [2.45, 2.75) is 26.8 Å². The molecule has 0 aromatic heterocycles. The summed E-state index contributed by atoms with van der Waals surface area (Å²) >= 11 is 9.16. The summed E-state index contributed by atoms with van der Waals surface area (Å²) in [6, 6.07) is 23.0. The van der Waals surface area contributed by atoms with Crippen LogP contribution in [0.15, 0.2) is 71.2 Å². The molecule has 0 fully saturated rings. The number of aryl methyl sites for hydroxylation is 3. The number of rotatable bonds is 4. The Morgan fingerprint density at radius 1 is 0.889 bits per heavy atom.